The second kappa shape index (κ2) is 7.13. The van der Waals surface area contributed by atoms with Crippen molar-refractivity contribution in [1.82, 2.24) is 5.32 Å². The molecule has 1 rings (SSSR count). The van der Waals surface area contributed by atoms with Crippen LogP contribution in [0.3, 0.4) is 0 Å². The zero-order valence-corrected chi connectivity index (χ0v) is 14.1. The van der Waals surface area contributed by atoms with E-state index in [0.717, 1.165) is 14.9 Å². The molecule has 1 aromatic carbocycles. The van der Waals surface area contributed by atoms with Crippen LogP contribution >= 0.6 is 27.7 Å². The smallest absolute Gasteiger partial charge is 0.310 e. The number of carbonyl (C=O) groups is 2. The Morgan fingerprint density at radius 2 is 2.05 bits per heavy atom. The lowest BCUT2D eigenvalue weighted by molar-refractivity contribution is -0.146. The number of carboxylic acids is 1. The minimum Gasteiger partial charge on any atom is -0.481 e. The highest BCUT2D eigenvalue weighted by Crippen LogP contribution is 2.25. The van der Waals surface area contributed by atoms with E-state index < -0.39 is 11.4 Å². The Morgan fingerprint density at radius 1 is 1.40 bits per heavy atom. The standard InChI is InChI=1S/C14H18BrNO3S/c1-9-6-10(15)4-5-11(9)20-7-12(17)16-8-14(2,3)13(18)19/h4-6H,7-8H2,1-3H3,(H,16,17)(H,18,19). The number of halogens is 1. The van der Waals surface area contributed by atoms with Crippen molar-refractivity contribution < 1.29 is 14.7 Å². The average molecular weight is 360 g/mol. The van der Waals surface area contributed by atoms with E-state index in [0.29, 0.717) is 0 Å². The van der Waals surface area contributed by atoms with Gasteiger partial charge in [-0.2, -0.15) is 0 Å². The van der Waals surface area contributed by atoms with Gasteiger partial charge in [0.15, 0.2) is 0 Å². The van der Waals surface area contributed by atoms with E-state index in [4.69, 9.17) is 5.11 Å². The van der Waals surface area contributed by atoms with Crippen LogP contribution in [0, 0.1) is 12.3 Å². The van der Waals surface area contributed by atoms with Crippen LogP contribution in [0.1, 0.15) is 19.4 Å². The van der Waals surface area contributed by atoms with Gasteiger partial charge in [-0.1, -0.05) is 15.9 Å². The van der Waals surface area contributed by atoms with Gasteiger partial charge in [0.2, 0.25) is 5.91 Å². The first-order chi connectivity index (χ1) is 9.22. The molecule has 0 saturated heterocycles. The summed E-state index contributed by atoms with van der Waals surface area (Å²) < 4.78 is 1.01. The molecule has 0 atom stereocenters. The van der Waals surface area contributed by atoms with Crippen LogP contribution in [-0.2, 0) is 9.59 Å². The fourth-order valence-corrected chi connectivity index (χ4v) is 2.68. The Hall–Kier alpha value is -1.01. The molecular weight excluding hydrogens is 342 g/mol. The summed E-state index contributed by atoms with van der Waals surface area (Å²) in [7, 11) is 0. The van der Waals surface area contributed by atoms with Crippen LogP contribution < -0.4 is 5.32 Å². The normalized spacial score (nSPS) is 11.2. The summed E-state index contributed by atoms with van der Waals surface area (Å²) in [5.74, 6) is -0.807. The third-order valence-electron chi connectivity index (χ3n) is 2.80. The molecule has 20 heavy (non-hydrogen) atoms. The average Bonchev–Trinajstić information content (AvgIpc) is 2.35. The first-order valence-electron chi connectivity index (χ1n) is 6.11. The topological polar surface area (TPSA) is 66.4 Å². The van der Waals surface area contributed by atoms with Crippen molar-refractivity contribution in [3.05, 3.63) is 28.2 Å². The Kier molecular flexibility index (Phi) is 6.07. The van der Waals surface area contributed by atoms with Crippen LogP contribution in [0.25, 0.3) is 0 Å². The van der Waals surface area contributed by atoms with E-state index in [1.54, 1.807) is 13.8 Å². The lowest BCUT2D eigenvalue weighted by atomic mass is 9.94. The van der Waals surface area contributed by atoms with Crippen molar-refractivity contribution in [3.63, 3.8) is 0 Å². The van der Waals surface area contributed by atoms with E-state index >= 15 is 0 Å². The molecule has 0 bridgehead atoms. The van der Waals surface area contributed by atoms with Crippen molar-refractivity contribution in [3.8, 4) is 0 Å². The van der Waals surface area contributed by atoms with Crippen LogP contribution in [0.5, 0.6) is 0 Å². The number of hydrogen-bond acceptors (Lipinski definition) is 3. The quantitative estimate of drug-likeness (QED) is 0.766. The second-order valence-corrected chi connectivity index (χ2v) is 7.10. The first-order valence-corrected chi connectivity index (χ1v) is 7.89. The van der Waals surface area contributed by atoms with Gasteiger partial charge in [-0.3, -0.25) is 9.59 Å². The Labute approximate surface area is 131 Å². The Morgan fingerprint density at radius 3 is 2.60 bits per heavy atom. The number of carbonyl (C=O) groups excluding carboxylic acids is 1. The van der Waals surface area contributed by atoms with Crippen molar-refractivity contribution in [2.75, 3.05) is 12.3 Å². The van der Waals surface area contributed by atoms with Crippen molar-refractivity contribution >= 4 is 39.6 Å². The summed E-state index contributed by atoms with van der Waals surface area (Å²) in [5, 5.41) is 11.6. The van der Waals surface area contributed by atoms with Crippen LogP contribution in [-0.4, -0.2) is 29.3 Å². The summed E-state index contributed by atoms with van der Waals surface area (Å²) in [6.07, 6.45) is 0. The largest absolute Gasteiger partial charge is 0.481 e. The minimum absolute atomic E-state index is 0.126. The molecule has 0 aliphatic carbocycles. The van der Waals surface area contributed by atoms with Gasteiger partial charge in [-0.25, -0.2) is 0 Å². The van der Waals surface area contributed by atoms with E-state index in [-0.39, 0.29) is 18.2 Å². The van der Waals surface area contributed by atoms with Crippen LogP contribution in [0.4, 0.5) is 0 Å². The predicted molar refractivity (Wildman–Crippen MR) is 84.0 cm³/mol. The molecule has 4 nitrogen and oxygen atoms in total. The summed E-state index contributed by atoms with van der Waals surface area (Å²) in [6, 6.07) is 5.88. The first kappa shape index (κ1) is 17.0. The fourth-order valence-electron chi connectivity index (χ4n) is 1.36. The molecule has 0 aliphatic heterocycles. The number of nitrogens with one attached hydrogen (secondary N) is 1. The number of aliphatic carboxylic acids is 1. The monoisotopic (exact) mass is 359 g/mol. The molecule has 1 amide bonds. The van der Waals surface area contributed by atoms with Gasteiger partial charge in [-0.15, -0.1) is 11.8 Å². The highest BCUT2D eigenvalue weighted by atomic mass is 79.9. The number of rotatable bonds is 6. The SMILES string of the molecule is Cc1cc(Br)ccc1SCC(=O)NCC(C)(C)C(=O)O. The molecule has 2 N–H and O–H groups in total. The summed E-state index contributed by atoms with van der Waals surface area (Å²) in [6.45, 7) is 5.28. The van der Waals surface area contributed by atoms with Gasteiger partial charge in [0.05, 0.1) is 11.2 Å². The number of carboxylic acid groups (broad SMARTS) is 1. The lowest BCUT2D eigenvalue weighted by Gasteiger charge is -2.19. The molecule has 0 spiro atoms. The molecule has 0 fully saturated rings. The van der Waals surface area contributed by atoms with Gasteiger partial charge >= 0.3 is 5.97 Å². The molecule has 0 aliphatic rings. The van der Waals surface area contributed by atoms with Gasteiger partial charge < -0.3 is 10.4 Å². The van der Waals surface area contributed by atoms with Crippen LogP contribution in [0.2, 0.25) is 0 Å². The predicted octanol–water partition coefficient (Wildman–Crippen LogP) is 3.08. The highest BCUT2D eigenvalue weighted by molar-refractivity contribution is 9.10. The van der Waals surface area contributed by atoms with Gasteiger partial charge in [0, 0.05) is 15.9 Å². The number of thioether (sulfide) groups is 1. The second-order valence-electron chi connectivity index (χ2n) is 5.16. The van der Waals surface area contributed by atoms with Gasteiger partial charge in [-0.05, 0) is 44.5 Å². The Balaban J connectivity index is 2.46. The third-order valence-corrected chi connectivity index (χ3v) is 4.47. The molecular formula is C14H18BrNO3S. The highest BCUT2D eigenvalue weighted by Gasteiger charge is 2.27. The number of amides is 1. The maximum atomic E-state index is 11.7. The van der Waals surface area contributed by atoms with Gasteiger partial charge in [0.25, 0.3) is 0 Å². The van der Waals surface area contributed by atoms with E-state index in [2.05, 4.69) is 21.2 Å². The summed E-state index contributed by atoms with van der Waals surface area (Å²) in [4.78, 5) is 23.7. The number of benzene rings is 1. The zero-order valence-electron chi connectivity index (χ0n) is 11.7. The molecule has 0 radical (unpaired) electrons. The van der Waals surface area contributed by atoms with E-state index in [1.165, 1.54) is 11.8 Å². The molecule has 0 unspecified atom stereocenters. The molecule has 0 heterocycles. The number of aryl methyl sites for hydroxylation is 1. The molecule has 110 valence electrons. The van der Waals surface area contributed by atoms with E-state index in [1.807, 2.05) is 25.1 Å². The zero-order chi connectivity index (χ0) is 15.3. The maximum Gasteiger partial charge on any atom is 0.310 e. The van der Waals surface area contributed by atoms with Gasteiger partial charge in [0.1, 0.15) is 0 Å². The fraction of sp³-hybridized carbons (Fsp3) is 0.429. The molecule has 6 heteroatoms. The van der Waals surface area contributed by atoms with Crippen molar-refractivity contribution in [2.45, 2.75) is 25.7 Å². The van der Waals surface area contributed by atoms with Crippen molar-refractivity contribution in [2.24, 2.45) is 5.41 Å². The third kappa shape index (κ3) is 5.17. The maximum absolute atomic E-state index is 11.7. The van der Waals surface area contributed by atoms with E-state index in [9.17, 15) is 9.59 Å². The molecule has 1 aromatic rings. The van der Waals surface area contributed by atoms with Crippen LogP contribution in [0.15, 0.2) is 27.6 Å². The summed E-state index contributed by atoms with van der Waals surface area (Å²) in [5.41, 5.74) is 0.149. The Bertz CT molecular complexity index is 517. The van der Waals surface area contributed by atoms with Crippen molar-refractivity contribution in [1.29, 1.82) is 0 Å². The summed E-state index contributed by atoms with van der Waals surface area (Å²) >= 11 is 4.83. The number of hydrogen-bond donors (Lipinski definition) is 2. The molecule has 0 aromatic heterocycles. The lowest BCUT2D eigenvalue weighted by Crippen LogP contribution is -2.39. The minimum atomic E-state index is -0.951. The molecule has 0 saturated carbocycles.